The summed E-state index contributed by atoms with van der Waals surface area (Å²) in [4.78, 5) is 24.4. The van der Waals surface area contributed by atoms with Crippen LogP contribution in [0.1, 0.15) is 30.9 Å². The topological polar surface area (TPSA) is 59.9 Å². The fourth-order valence-corrected chi connectivity index (χ4v) is 4.12. The Morgan fingerprint density at radius 3 is 1.69 bits per heavy atom. The monoisotopic (exact) mass is 584 g/mol. The van der Waals surface area contributed by atoms with Crippen LogP contribution < -0.4 is 4.70 Å². The molecule has 0 N–H and O–H groups in total. The standard InChI is InChI=1S/C14H12N2.C10H13.2CHO.BF3.FH.Mo/c1-9-5-7-15-13-11(9)3-4-12-10(2)6-8-16-14(12)13;1-8-6-7-9-4-2-3-5-10(8)9;2*1-2;2-1(3)4;;/h3-8H,1-2H3;2-5,9-10H,6-7H2,1H3;2*1H;;1H;/q;3*-1;;;+3/p-1. The Labute approximate surface area is 224 Å². The molecule has 2 heterocycles. The predicted octanol–water partition coefficient (Wildman–Crippen LogP) is 3.47. The predicted molar refractivity (Wildman–Crippen MR) is 133 cm³/mol. The number of rotatable bonds is 0. The van der Waals surface area contributed by atoms with Crippen LogP contribution in [0, 0.1) is 31.6 Å². The summed E-state index contributed by atoms with van der Waals surface area (Å²) in [6, 6.07) is 8.33. The Morgan fingerprint density at radius 2 is 1.28 bits per heavy atom. The molecule has 2 aromatic heterocycles. The molecule has 2 aliphatic rings. The largest absolute Gasteiger partial charge is 3.00 e. The molecule has 1 fully saturated rings. The van der Waals surface area contributed by atoms with Crippen molar-refractivity contribution in [2.45, 2.75) is 33.6 Å². The second kappa shape index (κ2) is 18.6. The van der Waals surface area contributed by atoms with Crippen LogP contribution in [0.4, 0.5) is 12.9 Å². The van der Waals surface area contributed by atoms with E-state index >= 15 is 0 Å². The normalized spacial score (nSPS) is 16.6. The van der Waals surface area contributed by atoms with E-state index in [-0.39, 0.29) is 25.8 Å². The molecule has 1 aromatic carbocycles. The molecule has 2 aliphatic carbocycles. The van der Waals surface area contributed by atoms with E-state index in [0.717, 1.165) is 22.9 Å². The number of carbonyl (C=O) groups excluding carboxylic acids is 2. The quantitative estimate of drug-likeness (QED) is 0.134. The Morgan fingerprint density at radius 1 is 0.861 bits per heavy atom. The molecular weight excluding hydrogens is 555 g/mol. The summed E-state index contributed by atoms with van der Waals surface area (Å²) in [7, 11) is -3.67. The number of hydrogen-bond acceptors (Lipinski definition) is 4. The molecule has 36 heavy (non-hydrogen) atoms. The third-order valence-electron chi connectivity index (χ3n) is 5.75. The van der Waals surface area contributed by atoms with E-state index in [4.69, 9.17) is 9.59 Å². The summed E-state index contributed by atoms with van der Waals surface area (Å²) in [6.07, 6.45) is 15.5. The van der Waals surface area contributed by atoms with E-state index in [1.807, 2.05) is 24.5 Å². The molecule has 0 bridgehead atoms. The number of halogens is 4. The Balaban J connectivity index is 0. The SMILES string of the molecule is C[C-]1CCC2C=CC=CC12.Cc1ccnc2c1ccc1c(C)ccnc12.FB(F)F.[CH-]=O.[CH-]=O.[F-].[Mo+3]. The molecule has 0 saturated heterocycles. The van der Waals surface area contributed by atoms with Crippen molar-refractivity contribution in [1.29, 1.82) is 0 Å². The van der Waals surface area contributed by atoms with Gasteiger partial charge in [-0.05, 0) is 43.0 Å². The first-order valence-electron chi connectivity index (χ1n) is 10.5. The van der Waals surface area contributed by atoms with Crippen molar-refractivity contribution in [3.05, 3.63) is 78.0 Å². The zero-order chi connectivity index (χ0) is 25.7. The minimum Gasteiger partial charge on any atom is -1.00 e. The average molecular weight is 582 g/mol. The number of fused-ring (bicyclic) bond motifs is 4. The average Bonchev–Trinajstić information content (AvgIpc) is 3.23. The number of hydrogen-bond donors (Lipinski definition) is 0. The van der Waals surface area contributed by atoms with Gasteiger partial charge in [-0.3, -0.25) is 36.5 Å². The molecule has 2 unspecified atom stereocenters. The van der Waals surface area contributed by atoms with Crippen molar-refractivity contribution >= 4 is 42.9 Å². The molecular formula is C26H27BF4MoN2O2-. The molecule has 2 atom stereocenters. The maximum absolute atomic E-state index is 9.67. The van der Waals surface area contributed by atoms with Crippen LogP contribution in [-0.2, 0) is 30.7 Å². The number of nitrogens with zero attached hydrogens (tertiary/aromatic N) is 2. The Hall–Kier alpha value is -2.67. The zero-order valence-corrected chi connectivity index (χ0v) is 22.2. The third kappa shape index (κ3) is 9.77. The van der Waals surface area contributed by atoms with Crippen molar-refractivity contribution in [2.75, 3.05) is 0 Å². The second-order valence-corrected chi connectivity index (χ2v) is 7.71. The van der Waals surface area contributed by atoms with E-state index in [1.54, 1.807) is 5.92 Å². The number of aromatic nitrogens is 2. The number of aryl methyl sites for hydroxylation is 2. The molecule has 0 aliphatic heterocycles. The van der Waals surface area contributed by atoms with Gasteiger partial charge in [0.25, 0.3) is 0 Å². The van der Waals surface area contributed by atoms with Crippen molar-refractivity contribution in [3.8, 4) is 0 Å². The van der Waals surface area contributed by atoms with Crippen LogP contribution in [0.3, 0.4) is 0 Å². The van der Waals surface area contributed by atoms with E-state index in [0.29, 0.717) is 0 Å². The van der Waals surface area contributed by atoms with Gasteiger partial charge >= 0.3 is 28.6 Å². The van der Waals surface area contributed by atoms with Gasteiger partial charge in [0.1, 0.15) is 0 Å². The molecule has 1 radical (unpaired) electrons. The maximum Gasteiger partial charge on any atom is 3.00 e. The second-order valence-electron chi connectivity index (χ2n) is 7.71. The summed E-state index contributed by atoms with van der Waals surface area (Å²) in [5.41, 5.74) is 4.49. The molecule has 0 spiro atoms. The fraction of sp³-hybridized carbons (Fsp3) is 0.269. The van der Waals surface area contributed by atoms with Gasteiger partial charge < -0.3 is 20.2 Å². The maximum atomic E-state index is 9.67. The van der Waals surface area contributed by atoms with Crippen LogP contribution in [0.5, 0.6) is 0 Å². The van der Waals surface area contributed by atoms with Gasteiger partial charge in [0, 0.05) is 23.2 Å². The zero-order valence-electron chi connectivity index (χ0n) is 20.2. The van der Waals surface area contributed by atoms with E-state index in [9.17, 15) is 12.9 Å². The van der Waals surface area contributed by atoms with Crippen molar-refractivity contribution in [3.63, 3.8) is 0 Å². The van der Waals surface area contributed by atoms with E-state index < -0.39 is 7.54 Å². The summed E-state index contributed by atoms with van der Waals surface area (Å²) in [5, 5.41) is 2.38. The fourth-order valence-electron chi connectivity index (χ4n) is 4.12. The minimum absolute atomic E-state index is 0. The smallest absolute Gasteiger partial charge is 1.00 e. The third-order valence-corrected chi connectivity index (χ3v) is 5.75. The summed E-state index contributed by atoms with van der Waals surface area (Å²) < 4.78 is 29.0. The van der Waals surface area contributed by atoms with Crippen LogP contribution in [-0.4, -0.2) is 31.1 Å². The van der Waals surface area contributed by atoms with Crippen LogP contribution in [0.2, 0.25) is 0 Å². The minimum atomic E-state index is -3.67. The molecule has 5 rings (SSSR count). The first kappa shape index (κ1) is 35.5. The molecule has 191 valence electrons. The first-order valence-corrected chi connectivity index (χ1v) is 10.5. The number of pyridine rings is 2. The van der Waals surface area contributed by atoms with Gasteiger partial charge in [0.05, 0.1) is 11.0 Å². The van der Waals surface area contributed by atoms with Crippen LogP contribution in [0.25, 0.3) is 21.8 Å². The molecule has 1 saturated carbocycles. The number of benzene rings is 1. The van der Waals surface area contributed by atoms with Gasteiger partial charge in [0.15, 0.2) is 0 Å². The first-order chi connectivity index (χ1) is 16.4. The summed E-state index contributed by atoms with van der Waals surface area (Å²) in [6.45, 7) is 13.0. The van der Waals surface area contributed by atoms with Crippen molar-refractivity contribution < 1.29 is 48.3 Å². The van der Waals surface area contributed by atoms with Crippen LogP contribution in [0.15, 0.2) is 61.0 Å². The summed E-state index contributed by atoms with van der Waals surface area (Å²) in [5.74, 6) is 3.29. The van der Waals surface area contributed by atoms with Gasteiger partial charge in [0.2, 0.25) is 0 Å². The Kier molecular flexibility index (Phi) is 18.3. The van der Waals surface area contributed by atoms with Gasteiger partial charge in [-0.1, -0.05) is 36.8 Å². The van der Waals surface area contributed by atoms with Gasteiger partial charge in [-0.15, -0.1) is 12.0 Å². The van der Waals surface area contributed by atoms with Gasteiger partial charge in [-0.25, -0.2) is 0 Å². The van der Waals surface area contributed by atoms with Crippen molar-refractivity contribution in [1.82, 2.24) is 9.97 Å². The summed E-state index contributed by atoms with van der Waals surface area (Å²) >= 11 is 0. The molecule has 10 heteroatoms. The van der Waals surface area contributed by atoms with E-state index in [2.05, 4.69) is 80.8 Å². The van der Waals surface area contributed by atoms with Crippen molar-refractivity contribution in [2.24, 2.45) is 11.8 Å². The molecule has 4 nitrogen and oxygen atoms in total. The van der Waals surface area contributed by atoms with E-state index in [1.165, 1.54) is 34.7 Å². The number of allylic oxidation sites excluding steroid dienone is 4. The van der Waals surface area contributed by atoms with Gasteiger partial charge in [-0.2, -0.15) is 13.3 Å². The van der Waals surface area contributed by atoms with Crippen LogP contribution >= 0.6 is 0 Å². The molecule has 0 amide bonds. The Bertz CT molecular complexity index is 1050. The molecule has 3 aromatic rings.